The van der Waals surface area contributed by atoms with Gasteiger partial charge in [-0.25, -0.2) is 22.6 Å². The molecule has 0 fully saturated rings. The van der Waals surface area contributed by atoms with Gasteiger partial charge in [0, 0.05) is 37.0 Å². The van der Waals surface area contributed by atoms with Crippen molar-refractivity contribution in [2.24, 2.45) is 5.10 Å². The van der Waals surface area contributed by atoms with Crippen LogP contribution in [0.3, 0.4) is 0 Å². The lowest BCUT2D eigenvalue weighted by molar-refractivity contribution is 0.201. The van der Waals surface area contributed by atoms with Crippen molar-refractivity contribution in [2.75, 3.05) is 25.3 Å². The molecule has 0 bridgehead atoms. The molecule has 1 aliphatic heterocycles. The first kappa shape index (κ1) is 22.5. The fourth-order valence-electron chi connectivity index (χ4n) is 4.31. The molecule has 0 radical (unpaired) electrons. The lowest BCUT2D eigenvalue weighted by atomic mass is 9.84. The molecule has 5 rings (SSSR count). The van der Waals surface area contributed by atoms with Crippen molar-refractivity contribution < 1.29 is 26.7 Å². The topological polar surface area (TPSA) is 50.0 Å². The van der Waals surface area contributed by atoms with Crippen molar-refractivity contribution in [2.45, 2.75) is 11.5 Å². The van der Waals surface area contributed by atoms with Gasteiger partial charge in [0.05, 0.1) is 23.9 Å². The van der Waals surface area contributed by atoms with Gasteiger partial charge in [-0.2, -0.15) is 5.10 Å². The van der Waals surface area contributed by atoms with Crippen molar-refractivity contribution >= 4 is 23.0 Å². The second kappa shape index (κ2) is 8.48. The smallest absolute Gasteiger partial charge is 0.193 e. The molecule has 1 spiro atoms. The molecule has 1 aliphatic carbocycles. The summed E-state index contributed by atoms with van der Waals surface area (Å²) in [6.45, 7) is 0.839. The standard InChI is InChI=1S/C24H18ClF4N3O2/c1-33-9-8-30-20-12-24(20)22(19-6-7-21(25)34-19)23(15-4-2-13(26)10-16(15)28)31-32(24)18-5-3-14(27)11-17(18)29/h2-7,10-12,22,30H,8-9H2,1H3. The maximum absolute atomic E-state index is 14.9. The first-order chi connectivity index (χ1) is 16.3. The van der Waals surface area contributed by atoms with E-state index in [1.54, 1.807) is 19.3 Å². The molecule has 0 saturated heterocycles. The molecule has 2 aliphatic rings. The molecular formula is C24H18ClF4N3O2. The van der Waals surface area contributed by atoms with Crippen molar-refractivity contribution in [1.82, 2.24) is 5.32 Å². The number of nitrogens with one attached hydrogen (secondary N) is 1. The molecule has 10 heteroatoms. The second-order valence-electron chi connectivity index (χ2n) is 7.89. The van der Waals surface area contributed by atoms with Gasteiger partial charge in [-0.3, -0.25) is 0 Å². The van der Waals surface area contributed by atoms with Crippen molar-refractivity contribution in [3.63, 3.8) is 0 Å². The van der Waals surface area contributed by atoms with E-state index in [1.165, 1.54) is 23.2 Å². The van der Waals surface area contributed by atoms with Gasteiger partial charge >= 0.3 is 0 Å². The number of furan rings is 1. The monoisotopic (exact) mass is 491 g/mol. The molecule has 3 aromatic rings. The Kier molecular flexibility index (Phi) is 5.61. The third kappa shape index (κ3) is 3.65. The average Bonchev–Trinajstić information content (AvgIpc) is 3.15. The average molecular weight is 492 g/mol. The van der Waals surface area contributed by atoms with Crippen LogP contribution in [0, 0.1) is 23.3 Å². The molecule has 2 unspecified atom stereocenters. The first-order valence-corrected chi connectivity index (χ1v) is 10.7. The lowest BCUT2D eigenvalue weighted by Gasteiger charge is -2.30. The van der Waals surface area contributed by atoms with Crippen molar-refractivity contribution in [1.29, 1.82) is 0 Å². The van der Waals surface area contributed by atoms with E-state index in [9.17, 15) is 17.6 Å². The van der Waals surface area contributed by atoms with Crippen molar-refractivity contribution in [3.8, 4) is 0 Å². The van der Waals surface area contributed by atoms with E-state index in [1.807, 2.05) is 0 Å². The summed E-state index contributed by atoms with van der Waals surface area (Å²) >= 11 is 6.04. The molecule has 34 heavy (non-hydrogen) atoms. The summed E-state index contributed by atoms with van der Waals surface area (Å²) in [6.07, 6.45) is 1.80. The van der Waals surface area contributed by atoms with Crippen LogP contribution >= 0.6 is 11.6 Å². The van der Waals surface area contributed by atoms with Gasteiger partial charge in [0.15, 0.2) is 11.0 Å². The van der Waals surface area contributed by atoms with Crippen LogP contribution in [0.1, 0.15) is 17.2 Å². The maximum atomic E-state index is 14.9. The summed E-state index contributed by atoms with van der Waals surface area (Å²) in [5.74, 6) is -3.61. The van der Waals surface area contributed by atoms with E-state index < -0.39 is 34.7 Å². The van der Waals surface area contributed by atoms with E-state index in [4.69, 9.17) is 20.8 Å². The predicted octanol–water partition coefficient (Wildman–Crippen LogP) is 5.37. The molecule has 2 aromatic carbocycles. The summed E-state index contributed by atoms with van der Waals surface area (Å²) in [5.41, 5.74) is -0.288. The summed E-state index contributed by atoms with van der Waals surface area (Å²) in [7, 11) is 1.56. The SMILES string of the molecule is COCCNC1=CC12C(c1ccc(Cl)o1)C(c1ccc(F)cc1F)=NN2c1ccc(F)cc1F. The van der Waals surface area contributed by atoms with Gasteiger partial charge < -0.3 is 14.5 Å². The van der Waals surface area contributed by atoms with Crippen molar-refractivity contribution in [3.05, 3.63) is 100 Å². The highest BCUT2D eigenvalue weighted by molar-refractivity contribution is 6.28. The van der Waals surface area contributed by atoms with Crippen LogP contribution in [-0.4, -0.2) is 31.5 Å². The number of anilines is 1. The summed E-state index contributed by atoms with van der Waals surface area (Å²) < 4.78 is 67.9. The number of methoxy groups -OCH3 is 1. The predicted molar refractivity (Wildman–Crippen MR) is 119 cm³/mol. The zero-order valence-electron chi connectivity index (χ0n) is 17.8. The molecule has 0 saturated carbocycles. The number of hydrogen-bond donors (Lipinski definition) is 1. The van der Waals surface area contributed by atoms with Crippen LogP contribution in [0.2, 0.25) is 5.22 Å². The van der Waals surface area contributed by atoms with Gasteiger partial charge in [0.1, 0.15) is 28.8 Å². The Morgan fingerprint density at radius 3 is 2.44 bits per heavy atom. The Morgan fingerprint density at radius 2 is 1.79 bits per heavy atom. The molecule has 2 atom stereocenters. The van der Waals surface area contributed by atoms with E-state index in [2.05, 4.69) is 10.4 Å². The van der Waals surface area contributed by atoms with Gasteiger partial charge in [-0.1, -0.05) is 0 Å². The van der Waals surface area contributed by atoms with Crippen LogP contribution < -0.4 is 10.3 Å². The van der Waals surface area contributed by atoms with Crippen LogP contribution in [0.25, 0.3) is 0 Å². The number of halogens is 5. The Bertz CT molecular complexity index is 1330. The fourth-order valence-corrected chi connectivity index (χ4v) is 4.46. The zero-order valence-corrected chi connectivity index (χ0v) is 18.5. The molecule has 5 nitrogen and oxygen atoms in total. The number of rotatable bonds is 7. The Morgan fingerprint density at radius 1 is 1.06 bits per heavy atom. The van der Waals surface area contributed by atoms with Crippen LogP contribution in [0.4, 0.5) is 23.2 Å². The minimum Gasteiger partial charge on any atom is -0.449 e. The fraction of sp³-hybridized carbons (Fsp3) is 0.208. The third-order valence-corrected chi connectivity index (χ3v) is 6.03. The highest BCUT2D eigenvalue weighted by Crippen LogP contribution is 2.57. The molecule has 1 N–H and O–H groups in total. The summed E-state index contributed by atoms with van der Waals surface area (Å²) in [4.78, 5) is 0. The van der Waals surface area contributed by atoms with E-state index in [0.29, 0.717) is 24.6 Å². The minimum absolute atomic E-state index is 0.0138. The number of hydrazone groups is 1. The molecule has 2 heterocycles. The van der Waals surface area contributed by atoms with E-state index >= 15 is 0 Å². The van der Waals surface area contributed by atoms with Crippen LogP contribution in [0.15, 0.2) is 69.8 Å². The minimum atomic E-state index is -1.11. The number of benzene rings is 2. The van der Waals surface area contributed by atoms with E-state index in [-0.39, 0.29) is 22.2 Å². The van der Waals surface area contributed by atoms with Gasteiger partial charge in [-0.05, 0) is 54.1 Å². The van der Waals surface area contributed by atoms with Gasteiger partial charge in [0.25, 0.3) is 0 Å². The van der Waals surface area contributed by atoms with E-state index in [0.717, 1.165) is 24.3 Å². The highest BCUT2D eigenvalue weighted by atomic mass is 35.5. The number of hydrogen-bond acceptors (Lipinski definition) is 5. The second-order valence-corrected chi connectivity index (χ2v) is 8.27. The molecule has 176 valence electrons. The van der Waals surface area contributed by atoms with Gasteiger partial charge in [-0.15, -0.1) is 0 Å². The summed E-state index contributed by atoms with van der Waals surface area (Å²) in [5, 5.41) is 9.25. The lowest BCUT2D eigenvalue weighted by Crippen LogP contribution is -2.41. The largest absolute Gasteiger partial charge is 0.449 e. The third-order valence-electron chi connectivity index (χ3n) is 5.83. The highest BCUT2D eigenvalue weighted by Gasteiger charge is 2.63. The summed E-state index contributed by atoms with van der Waals surface area (Å²) in [6, 6.07) is 9.38. The number of ether oxygens (including phenoxy) is 1. The molecular weight excluding hydrogens is 474 g/mol. The maximum Gasteiger partial charge on any atom is 0.193 e. The Balaban J connectivity index is 1.68. The zero-order chi connectivity index (χ0) is 24.0. The quantitative estimate of drug-likeness (QED) is 0.356. The normalized spacial score (nSPS) is 21.1. The van der Waals surface area contributed by atoms with Gasteiger partial charge in [0.2, 0.25) is 0 Å². The Hall–Kier alpha value is -3.30. The Labute approximate surface area is 197 Å². The molecule has 1 aromatic heterocycles. The number of nitrogens with zero attached hydrogens (tertiary/aromatic N) is 2. The molecule has 0 amide bonds. The van der Waals surface area contributed by atoms with Crippen LogP contribution in [-0.2, 0) is 4.74 Å². The first-order valence-electron chi connectivity index (χ1n) is 10.4. The van der Waals surface area contributed by atoms with Crippen LogP contribution in [0.5, 0.6) is 0 Å².